The number of methoxy groups -OCH3 is 1. The summed E-state index contributed by atoms with van der Waals surface area (Å²) >= 11 is 8.98. The van der Waals surface area contributed by atoms with Crippen LogP contribution in [0.15, 0.2) is 27.4 Å². The molecule has 0 bridgehead atoms. The van der Waals surface area contributed by atoms with E-state index in [1.165, 1.54) is 22.3 Å². The van der Waals surface area contributed by atoms with Crippen LogP contribution in [0.25, 0.3) is 0 Å². The molecule has 1 aromatic carbocycles. The Hall–Kier alpha value is -0.320. The van der Waals surface area contributed by atoms with E-state index < -0.39 is 0 Å². The number of alkyl halides is 1. The predicted molar refractivity (Wildman–Crippen MR) is 85.3 cm³/mol. The standard InChI is InChI=1S/C14H14Br2OS/c1-8-4-10(5-9(2)14(8)17-3)13(16)11-6-12(15)18-7-11/h4-7,13H,1-3H3. The van der Waals surface area contributed by atoms with Crippen LogP contribution in [-0.2, 0) is 0 Å². The average molecular weight is 390 g/mol. The van der Waals surface area contributed by atoms with Gasteiger partial charge >= 0.3 is 0 Å². The van der Waals surface area contributed by atoms with E-state index in [9.17, 15) is 0 Å². The summed E-state index contributed by atoms with van der Waals surface area (Å²) in [5, 5.41) is 2.17. The fourth-order valence-corrected chi connectivity index (χ4v) is 4.01. The molecular formula is C14H14Br2OS. The molecule has 2 aromatic rings. The third-order valence-electron chi connectivity index (χ3n) is 2.86. The molecule has 2 rings (SSSR count). The van der Waals surface area contributed by atoms with Crippen LogP contribution in [0.2, 0.25) is 0 Å². The molecule has 0 fully saturated rings. The van der Waals surface area contributed by atoms with Crippen LogP contribution in [0.4, 0.5) is 0 Å². The number of aryl methyl sites for hydroxylation is 2. The Bertz CT molecular complexity index is 540. The molecule has 0 radical (unpaired) electrons. The number of hydrogen-bond acceptors (Lipinski definition) is 2. The number of halogens is 2. The van der Waals surface area contributed by atoms with Gasteiger partial charge in [-0.05, 0) is 63.5 Å². The van der Waals surface area contributed by atoms with Gasteiger partial charge in [-0.2, -0.15) is 0 Å². The van der Waals surface area contributed by atoms with Crippen molar-refractivity contribution in [3.8, 4) is 5.75 Å². The van der Waals surface area contributed by atoms with Crippen molar-refractivity contribution in [1.29, 1.82) is 0 Å². The second-order valence-corrected chi connectivity index (χ2v) is 7.44. The summed E-state index contributed by atoms with van der Waals surface area (Å²) in [7, 11) is 1.72. The number of thiophene rings is 1. The monoisotopic (exact) mass is 388 g/mol. The van der Waals surface area contributed by atoms with Gasteiger partial charge in [0.25, 0.3) is 0 Å². The van der Waals surface area contributed by atoms with Crippen molar-refractivity contribution in [2.75, 3.05) is 7.11 Å². The molecule has 0 saturated heterocycles. The largest absolute Gasteiger partial charge is 0.496 e. The van der Waals surface area contributed by atoms with Gasteiger partial charge in [0.1, 0.15) is 5.75 Å². The lowest BCUT2D eigenvalue weighted by Gasteiger charge is -2.14. The van der Waals surface area contributed by atoms with E-state index in [2.05, 4.69) is 69.3 Å². The van der Waals surface area contributed by atoms with Gasteiger partial charge in [-0.15, -0.1) is 11.3 Å². The fourth-order valence-electron chi connectivity index (χ4n) is 2.10. The van der Waals surface area contributed by atoms with Crippen LogP contribution >= 0.6 is 43.2 Å². The van der Waals surface area contributed by atoms with Crippen LogP contribution in [0, 0.1) is 13.8 Å². The topological polar surface area (TPSA) is 9.23 Å². The highest BCUT2D eigenvalue weighted by molar-refractivity contribution is 9.11. The second kappa shape index (κ2) is 5.76. The third-order valence-corrected chi connectivity index (χ3v) is 5.44. The normalized spacial score (nSPS) is 12.5. The maximum absolute atomic E-state index is 5.40. The first kappa shape index (κ1) is 14.1. The molecule has 0 spiro atoms. The second-order valence-electron chi connectivity index (χ2n) is 4.23. The highest BCUT2D eigenvalue weighted by Crippen LogP contribution is 2.37. The molecule has 1 unspecified atom stereocenters. The van der Waals surface area contributed by atoms with Gasteiger partial charge in [-0.3, -0.25) is 0 Å². The molecule has 0 aliphatic rings. The lowest BCUT2D eigenvalue weighted by molar-refractivity contribution is 0.408. The van der Waals surface area contributed by atoms with Crippen LogP contribution in [0.3, 0.4) is 0 Å². The molecule has 0 amide bonds. The van der Waals surface area contributed by atoms with Gasteiger partial charge in [0.15, 0.2) is 0 Å². The molecular weight excluding hydrogens is 376 g/mol. The molecule has 18 heavy (non-hydrogen) atoms. The molecule has 0 aliphatic heterocycles. The lowest BCUT2D eigenvalue weighted by atomic mass is 10.0. The average Bonchev–Trinajstić information content (AvgIpc) is 2.74. The van der Waals surface area contributed by atoms with Crippen LogP contribution in [0.1, 0.15) is 27.1 Å². The number of rotatable bonds is 3. The zero-order valence-electron chi connectivity index (χ0n) is 10.5. The van der Waals surface area contributed by atoms with Crippen LogP contribution in [0.5, 0.6) is 5.75 Å². The first-order chi connectivity index (χ1) is 8.52. The highest BCUT2D eigenvalue weighted by Gasteiger charge is 2.15. The van der Waals surface area contributed by atoms with Gasteiger partial charge < -0.3 is 4.74 Å². The summed E-state index contributed by atoms with van der Waals surface area (Å²) in [6.07, 6.45) is 0. The Balaban J connectivity index is 2.40. The number of ether oxygens (including phenoxy) is 1. The maximum atomic E-state index is 5.40. The Morgan fingerprint density at radius 2 is 1.72 bits per heavy atom. The van der Waals surface area contributed by atoms with E-state index in [0.717, 1.165) is 9.54 Å². The molecule has 96 valence electrons. The molecule has 1 nitrogen and oxygen atoms in total. The minimum atomic E-state index is 0.225. The van der Waals surface area contributed by atoms with Gasteiger partial charge in [-0.25, -0.2) is 0 Å². The molecule has 1 atom stereocenters. The number of benzene rings is 1. The molecule has 0 aliphatic carbocycles. The van der Waals surface area contributed by atoms with Gasteiger partial charge in [-0.1, -0.05) is 28.1 Å². The first-order valence-electron chi connectivity index (χ1n) is 5.56. The number of hydrogen-bond donors (Lipinski definition) is 0. The van der Waals surface area contributed by atoms with Crippen molar-refractivity contribution in [3.63, 3.8) is 0 Å². The summed E-state index contributed by atoms with van der Waals surface area (Å²) < 4.78 is 6.56. The van der Waals surface area contributed by atoms with Crippen LogP contribution in [-0.4, -0.2) is 7.11 Å². The zero-order valence-corrected chi connectivity index (χ0v) is 14.4. The Morgan fingerprint density at radius 1 is 1.11 bits per heavy atom. The van der Waals surface area contributed by atoms with Gasteiger partial charge in [0, 0.05) is 0 Å². The van der Waals surface area contributed by atoms with E-state index >= 15 is 0 Å². The third kappa shape index (κ3) is 2.81. The van der Waals surface area contributed by atoms with E-state index in [1.807, 2.05) is 0 Å². The summed E-state index contributed by atoms with van der Waals surface area (Å²) in [6.45, 7) is 4.16. The van der Waals surface area contributed by atoms with Crippen molar-refractivity contribution in [1.82, 2.24) is 0 Å². The Labute approximate surface area is 128 Å². The first-order valence-corrected chi connectivity index (χ1v) is 8.15. The highest BCUT2D eigenvalue weighted by atomic mass is 79.9. The minimum absolute atomic E-state index is 0.225. The Morgan fingerprint density at radius 3 is 2.17 bits per heavy atom. The van der Waals surface area contributed by atoms with E-state index in [-0.39, 0.29) is 4.83 Å². The smallest absolute Gasteiger partial charge is 0.124 e. The molecule has 0 saturated carbocycles. The summed E-state index contributed by atoms with van der Waals surface area (Å²) in [6, 6.07) is 6.51. The van der Waals surface area contributed by atoms with E-state index in [4.69, 9.17) is 4.74 Å². The van der Waals surface area contributed by atoms with Crippen LogP contribution < -0.4 is 4.74 Å². The SMILES string of the molecule is COc1c(C)cc(C(Br)c2csc(Br)c2)cc1C. The van der Waals surface area contributed by atoms with E-state index in [0.29, 0.717) is 0 Å². The van der Waals surface area contributed by atoms with Crippen molar-refractivity contribution in [2.45, 2.75) is 18.7 Å². The Kier molecular flexibility index (Phi) is 4.51. The predicted octanol–water partition coefficient (Wildman–Crippen LogP) is 5.62. The van der Waals surface area contributed by atoms with Crippen molar-refractivity contribution >= 4 is 43.2 Å². The quantitative estimate of drug-likeness (QED) is 0.619. The summed E-state index contributed by atoms with van der Waals surface area (Å²) in [5.74, 6) is 0.977. The summed E-state index contributed by atoms with van der Waals surface area (Å²) in [5.41, 5.74) is 4.88. The zero-order chi connectivity index (χ0) is 13.3. The molecule has 1 heterocycles. The lowest BCUT2D eigenvalue weighted by Crippen LogP contribution is -1.96. The van der Waals surface area contributed by atoms with Crippen molar-refractivity contribution in [3.05, 3.63) is 49.6 Å². The van der Waals surface area contributed by atoms with Gasteiger partial charge in [0.2, 0.25) is 0 Å². The van der Waals surface area contributed by atoms with Gasteiger partial charge in [0.05, 0.1) is 15.7 Å². The van der Waals surface area contributed by atoms with Crippen molar-refractivity contribution < 1.29 is 4.74 Å². The molecule has 1 aromatic heterocycles. The maximum Gasteiger partial charge on any atom is 0.124 e. The van der Waals surface area contributed by atoms with E-state index in [1.54, 1.807) is 18.4 Å². The molecule has 4 heteroatoms. The fraction of sp³-hybridized carbons (Fsp3) is 0.286. The van der Waals surface area contributed by atoms with Crippen molar-refractivity contribution in [2.24, 2.45) is 0 Å². The summed E-state index contributed by atoms with van der Waals surface area (Å²) in [4.78, 5) is 0.225. The molecule has 0 N–H and O–H groups in total. The minimum Gasteiger partial charge on any atom is -0.496 e.